The second-order valence-electron chi connectivity index (χ2n) is 5.39. The van der Waals surface area contributed by atoms with E-state index in [2.05, 4.69) is 5.32 Å². The first-order chi connectivity index (χ1) is 10.1. The molecule has 2 N–H and O–H groups in total. The van der Waals surface area contributed by atoms with Crippen LogP contribution in [-0.4, -0.2) is 37.4 Å². The molecular weight excluding hydrogens is 270 g/mol. The minimum absolute atomic E-state index is 0.0758. The van der Waals surface area contributed by atoms with Crippen molar-refractivity contribution in [2.75, 3.05) is 14.2 Å². The van der Waals surface area contributed by atoms with Crippen molar-refractivity contribution >= 4 is 5.91 Å². The summed E-state index contributed by atoms with van der Waals surface area (Å²) in [5.74, 6) is 1.18. The van der Waals surface area contributed by atoms with Crippen molar-refractivity contribution in [1.82, 2.24) is 5.32 Å². The molecule has 0 spiro atoms. The summed E-state index contributed by atoms with van der Waals surface area (Å²) in [5.41, 5.74) is 0.857. The molecular formula is C16H23NO4. The molecule has 2 rings (SSSR count). The highest BCUT2D eigenvalue weighted by Gasteiger charge is 2.24. The molecule has 1 saturated carbocycles. The van der Waals surface area contributed by atoms with Gasteiger partial charge in [0.05, 0.1) is 32.8 Å². The van der Waals surface area contributed by atoms with Gasteiger partial charge in [-0.05, 0) is 30.5 Å². The minimum Gasteiger partial charge on any atom is -0.493 e. The third-order valence-electron chi connectivity index (χ3n) is 3.89. The zero-order chi connectivity index (χ0) is 15.2. The standard InChI is InChI=1S/C16H23NO4/c1-20-14-8-7-11(9-15(14)21-2)10-16(19)17-12-5-3-4-6-13(12)18/h7-9,12-13,18H,3-6,10H2,1-2H3,(H,17,19). The van der Waals surface area contributed by atoms with Gasteiger partial charge in [0.25, 0.3) is 0 Å². The second kappa shape index (κ2) is 7.31. The van der Waals surface area contributed by atoms with Crippen LogP contribution in [0.3, 0.4) is 0 Å². The Bertz CT molecular complexity index is 489. The number of hydrogen-bond donors (Lipinski definition) is 2. The van der Waals surface area contributed by atoms with Crippen molar-refractivity contribution in [2.24, 2.45) is 0 Å². The van der Waals surface area contributed by atoms with Crippen LogP contribution in [0.25, 0.3) is 0 Å². The third kappa shape index (κ3) is 4.11. The van der Waals surface area contributed by atoms with Crippen molar-refractivity contribution in [3.05, 3.63) is 23.8 Å². The van der Waals surface area contributed by atoms with E-state index in [9.17, 15) is 9.90 Å². The summed E-state index contributed by atoms with van der Waals surface area (Å²) in [6.07, 6.45) is 3.54. The third-order valence-corrected chi connectivity index (χ3v) is 3.89. The largest absolute Gasteiger partial charge is 0.493 e. The average Bonchev–Trinajstić information content (AvgIpc) is 2.49. The number of benzene rings is 1. The van der Waals surface area contributed by atoms with Gasteiger partial charge in [0.2, 0.25) is 5.91 Å². The number of ether oxygens (including phenoxy) is 2. The Kier molecular flexibility index (Phi) is 5.44. The average molecular weight is 293 g/mol. The van der Waals surface area contributed by atoms with Gasteiger partial charge in [0, 0.05) is 0 Å². The molecule has 2 unspecified atom stereocenters. The van der Waals surface area contributed by atoms with Gasteiger partial charge in [0.15, 0.2) is 11.5 Å². The lowest BCUT2D eigenvalue weighted by Crippen LogP contribution is -2.45. The summed E-state index contributed by atoms with van der Waals surface area (Å²) in [5, 5.41) is 12.8. The highest BCUT2D eigenvalue weighted by atomic mass is 16.5. The molecule has 5 heteroatoms. The van der Waals surface area contributed by atoms with E-state index in [4.69, 9.17) is 9.47 Å². The molecule has 0 saturated heterocycles. The molecule has 1 aliphatic carbocycles. The monoisotopic (exact) mass is 293 g/mol. The van der Waals surface area contributed by atoms with Gasteiger partial charge in [-0.25, -0.2) is 0 Å². The maximum atomic E-state index is 12.1. The number of amides is 1. The van der Waals surface area contributed by atoms with Gasteiger partial charge in [-0.3, -0.25) is 4.79 Å². The Balaban J connectivity index is 1.96. The molecule has 1 amide bonds. The highest BCUT2D eigenvalue weighted by molar-refractivity contribution is 5.79. The summed E-state index contributed by atoms with van der Waals surface area (Å²) in [4.78, 5) is 12.1. The number of aliphatic hydroxyl groups is 1. The molecule has 0 bridgehead atoms. The molecule has 2 atom stereocenters. The summed E-state index contributed by atoms with van der Waals surface area (Å²) in [6.45, 7) is 0. The van der Waals surface area contributed by atoms with E-state index in [-0.39, 0.29) is 18.4 Å². The molecule has 1 aromatic carbocycles. The van der Waals surface area contributed by atoms with Crippen molar-refractivity contribution in [1.29, 1.82) is 0 Å². The normalized spacial score (nSPS) is 21.7. The zero-order valence-corrected chi connectivity index (χ0v) is 12.6. The number of nitrogens with one attached hydrogen (secondary N) is 1. The fraction of sp³-hybridized carbons (Fsp3) is 0.562. The van der Waals surface area contributed by atoms with Crippen LogP contribution < -0.4 is 14.8 Å². The van der Waals surface area contributed by atoms with E-state index in [0.29, 0.717) is 11.5 Å². The molecule has 1 fully saturated rings. The molecule has 5 nitrogen and oxygen atoms in total. The lowest BCUT2D eigenvalue weighted by Gasteiger charge is -2.28. The molecule has 0 heterocycles. The lowest BCUT2D eigenvalue weighted by atomic mass is 9.92. The van der Waals surface area contributed by atoms with E-state index in [0.717, 1.165) is 31.2 Å². The number of carbonyl (C=O) groups is 1. The van der Waals surface area contributed by atoms with Crippen molar-refractivity contribution in [2.45, 2.75) is 44.2 Å². The number of aliphatic hydroxyl groups excluding tert-OH is 1. The van der Waals surface area contributed by atoms with Crippen LogP contribution in [0.15, 0.2) is 18.2 Å². The second-order valence-corrected chi connectivity index (χ2v) is 5.39. The summed E-state index contributed by atoms with van der Waals surface area (Å²) < 4.78 is 10.4. The first kappa shape index (κ1) is 15.6. The molecule has 1 aliphatic rings. The fourth-order valence-electron chi connectivity index (χ4n) is 2.71. The first-order valence-electron chi connectivity index (χ1n) is 7.32. The Morgan fingerprint density at radius 3 is 2.62 bits per heavy atom. The van der Waals surface area contributed by atoms with Gasteiger partial charge in [-0.2, -0.15) is 0 Å². The molecule has 0 radical (unpaired) electrons. The predicted octanol–water partition coefficient (Wildman–Crippen LogP) is 1.67. The van der Waals surface area contributed by atoms with Crippen molar-refractivity contribution in [3.63, 3.8) is 0 Å². The zero-order valence-electron chi connectivity index (χ0n) is 12.6. The summed E-state index contributed by atoms with van der Waals surface area (Å²) >= 11 is 0. The van der Waals surface area contributed by atoms with Crippen molar-refractivity contribution < 1.29 is 19.4 Å². The topological polar surface area (TPSA) is 67.8 Å². The lowest BCUT2D eigenvalue weighted by molar-refractivity contribution is -0.122. The number of carbonyl (C=O) groups excluding carboxylic acids is 1. The molecule has 21 heavy (non-hydrogen) atoms. The highest BCUT2D eigenvalue weighted by Crippen LogP contribution is 2.27. The van der Waals surface area contributed by atoms with Gasteiger partial charge < -0.3 is 19.9 Å². The van der Waals surface area contributed by atoms with Crippen LogP contribution in [0.2, 0.25) is 0 Å². The SMILES string of the molecule is COc1ccc(CC(=O)NC2CCCCC2O)cc1OC. The fourth-order valence-corrected chi connectivity index (χ4v) is 2.71. The quantitative estimate of drug-likeness (QED) is 0.866. The van der Waals surface area contributed by atoms with Crippen molar-refractivity contribution in [3.8, 4) is 11.5 Å². The minimum atomic E-state index is -0.423. The van der Waals surface area contributed by atoms with Crippen LogP contribution in [-0.2, 0) is 11.2 Å². The van der Waals surface area contributed by atoms with Gasteiger partial charge in [-0.15, -0.1) is 0 Å². The predicted molar refractivity (Wildman–Crippen MR) is 79.7 cm³/mol. The smallest absolute Gasteiger partial charge is 0.224 e. The maximum Gasteiger partial charge on any atom is 0.224 e. The number of methoxy groups -OCH3 is 2. The van der Waals surface area contributed by atoms with E-state index in [1.807, 2.05) is 6.07 Å². The van der Waals surface area contributed by atoms with Crippen LogP contribution in [0.5, 0.6) is 11.5 Å². The maximum absolute atomic E-state index is 12.1. The Hall–Kier alpha value is -1.75. The van der Waals surface area contributed by atoms with Gasteiger partial charge in [-0.1, -0.05) is 18.9 Å². The van der Waals surface area contributed by atoms with Crippen LogP contribution in [0, 0.1) is 0 Å². The molecule has 0 aliphatic heterocycles. The van der Waals surface area contributed by atoms with Crippen LogP contribution in [0.4, 0.5) is 0 Å². The van der Waals surface area contributed by atoms with Crippen LogP contribution >= 0.6 is 0 Å². The Morgan fingerprint density at radius 1 is 1.24 bits per heavy atom. The van der Waals surface area contributed by atoms with E-state index < -0.39 is 6.10 Å². The number of hydrogen-bond acceptors (Lipinski definition) is 4. The first-order valence-corrected chi connectivity index (χ1v) is 7.32. The number of rotatable bonds is 5. The summed E-state index contributed by atoms with van der Waals surface area (Å²) in [6, 6.07) is 5.32. The Morgan fingerprint density at radius 2 is 1.95 bits per heavy atom. The molecule has 116 valence electrons. The van der Waals surface area contributed by atoms with Gasteiger partial charge in [0.1, 0.15) is 0 Å². The van der Waals surface area contributed by atoms with E-state index >= 15 is 0 Å². The molecule has 0 aromatic heterocycles. The van der Waals surface area contributed by atoms with E-state index in [1.165, 1.54) is 0 Å². The Labute approximate surface area is 125 Å². The van der Waals surface area contributed by atoms with E-state index in [1.54, 1.807) is 26.4 Å². The van der Waals surface area contributed by atoms with Crippen LogP contribution in [0.1, 0.15) is 31.2 Å². The molecule has 1 aromatic rings. The summed E-state index contributed by atoms with van der Waals surface area (Å²) in [7, 11) is 3.15. The van der Waals surface area contributed by atoms with Gasteiger partial charge >= 0.3 is 0 Å².